The van der Waals surface area contributed by atoms with Crippen LogP contribution in [0.15, 0.2) is 94.8 Å². The number of rotatable bonds is 12. The lowest BCUT2D eigenvalue weighted by Gasteiger charge is -2.37. The monoisotopic (exact) mass is 741 g/mol. The molecule has 0 aliphatic carbocycles. The van der Waals surface area contributed by atoms with Gasteiger partial charge in [-0.1, -0.05) is 47.1 Å². The standard InChI is InChI=1S/C38H44BrN7O4/c1-3-28(2)46-37(47)23-30(24-42-46)22-29-4-10-33(11-5-29)43-18-20-44(21-19-43)34-12-14-35(15-13-34)48-25-36-26-49-38(50-36,27-45-40-16-17-41-45)31-6-8-32(39)9-7-31/h4-17,24,28,30,36H,3,18-23,25-27H2,1-2H3. The highest BCUT2D eigenvalue weighted by molar-refractivity contribution is 9.10. The van der Waals surface area contributed by atoms with Crippen LogP contribution in [-0.4, -0.2) is 83.7 Å². The molecule has 50 heavy (non-hydrogen) atoms. The van der Waals surface area contributed by atoms with Gasteiger partial charge in [-0.05, 0) is 73.9 Å². The second kappa shape index (κ2) is 15.3. The molecule has 0 bridgehead atoms. The third-order valence-electron chi connectivity index (χ3n) is 9.78. The van der Waals surface area contributed by atoms with E-state index in [1.807, 2.05) is 49.5 Å². The number of aromatic nitrogens is 3. The normalized spacial score (nSPS) is 23.0. The predicted molar refractivity (Wildman–Crippen MR) is 196 cm³/mol. The largest absolute Gasteiger partial charge is 0.491 e. The van der Waals surface area contributed by atoms with E-state index in [1.54, 1.807) is 22.2 Å². The molecular weight excluding hydrogens is 698 g/mol. The van der Waals surface area contributed by atoms with Gasteiger partial charge in [-0.2, -0.15) is 20.1 Å². The zero-order chi connectivity index (χ0) is 34.5. The molecule has 4 aromatic rings. The first kappa shape index (κ1) is 34.2. The van der Waals surface area contributed by atoms with Crippen molar-refractivity contribution in [2.45, 2.75) is 57.6 Å². The minimum atomic E-state index is -0.997. The summed E-state index contributed by atoms with van der Waals surface area (Å²) in [4.78, 5) is 19.0. The summed E-state index contributed by atoms with van der Waals surface area (Å²) in [5, 5.41) is 14.6. The molecule has 0 saturated carbocycles. The van der Waals surface area contributed by atoms with Gasteiger partial charge in [0.05, 0.1) is 25.0 Å². The van der Waals surface area contributed by atoms with Crippen LogP contribution < -0.4 is 14.5 Å². The van der Waals surface area contributed by atoms with Crippen LogP contribution in [0.25, 0.3) is 0 Å². The molecule has 2 fully saturated rings. The summed E-state index contributed by atoms with van der Waals surface area (Å²) in [7, 11) is 0. The molecule has 262 valence electrons. The van der Waals surface area contributed by atoms with Gasteiger partial charge in [0.2, 0.25) is 11.7 Å². The van der Waals surface area contributed by atoms with Gasteiger partial charge in [0, 0.05) is 66.1 Å². The van der Waals surface area contributed by atoms with E-state index in [0.717, 1.165) is 54.8 Å². The summed E-state index contributed by atoms with van der Waals surface area (Å²) in [6, 6.07) is 25.2. The molecule has 1 aromatic heterocycles. The number of ether oxygens (including phenoxy) is 3. The molecule has 3 aliphatic heterocycles. The van der Waals surface area contributed by atoms with Gasteiger partial charge >= 0.3 is 0 Å². The van der Waals surface area contributed by atoms with Crippen molar-refractivity contribution in [2.24, 2.45) is 11.0 Å². The van der Waals surface area contributed by atoms with Crippen molar-refractivity contribution in [1.82, 2.24) is 20.0 Å². The zero-order valence-electron chi connectivity index (χ0n) is 28.6. The number of carbonyl (C=O) groups is 1. The Morgan fingerprint density at radius 1 is 0.920 bits per heavy atom. The van der Waals surface area contributed by atoms with Crippen molar-refractivity contribution in [1.29, 1.82) is 0 Å². The van der Waals surface area contributed by atoms with Crippen LogP contribution in [-0.2, 0) is 33.0 Å². The van der Waals surface area contributed by atoms with E-state index in [2.05, 4.69) is 84.4 Å². The molecule has 4 unspecified atom stereocenters. The molecule has 12 heteroatoms. The van der Waals surface area contributed by atoms with Crippen molar-refractivity contribution < 1.29 is 19.0 Å². The Labute approximate surface area is 301 Å². The van der Waals surface area contributed by atoms with Crippen LogP contribution >= 0.6 is 15.9 Å². The number of benzene rings is 3. The SMILES string of the molecule is CCC(C)N1N=CC(Cc2ccc(N3CCN(c4ccc(OCC5COC(Cn6nccn6)(c6ccc(Br)cc6)O5)cc4)CC3)cc2)CC1=O. The Hall–Kier alpha value is -4.26. The van der Waals surface area contributed by atoms with Gasteiger partial charge in [0.25, 0.3) is 0 Å². The molecule has 3 aromatic carbocycles. The topological polar surface area (TPSA) is 97.6 Å². The zero-order valence-corrected chi connectivity index (χ0v) is 30.2. The lowest BCUT2D eigenvalue weighted by atomic mass is 9.95. The molecule has 0 spiro atoms. The summed E-state index contributed by atoms with van der Waals surface area (Å²) in [5.74, 6) is 0.0700. The summed E-state index contributed by atoms with van der Waals surface area (Å²) >= 11 is 3.51. The third kappa shape index (κ3) is 7.87. The number of piperazine rings is 1. The van der Waals surface area contributed by atoms with Crippen LogP contribution in [0.1, 0.15) is 37.8 Å². The molecule has 1 amide bonds. The van der Waals surface area contributed by atoms with Crippen molar-refractivity contribution >= 4 is 39.4 Å². The second-order valence-electron chi connectivity index (χ2n) is 13.2. The van der Waals surface area contributed by atoms with E-state index in [9.17, 15) is 4.79 Å². The fourth-order valence-electron chi connectivity index (χ4n) is 6.76. The average Bonchev–Trinajstić information content (AvgIpc) is 3.82. The molecule has 7 rings (SSSR count). The van der Waals surface area contributed by atoms with E-state index >= 15 is 0 Å². The lowest BCUT2D eigenvalue weighted by molar-refractivity contribution is -0.192. The summed E-state index contributed by atoms with van der Waals surface area (Å²) in [6.07, 6.45) is 7.26. The van der Waals surface area contributed by atoms with Gasteiger partial charge in [-0.15, -0.1) is 0 Å². The smallest absolute Gasteiger partial charge is 0.243 e. The summed E-state index contributed by atoms with van der Waals surface area (Å²) in [6.45, 7) is 8.99. The fourth-order valence-corrected chi connectivity index (χ4v) is 7.02. The van der Waals surface area contributed by atoms with Crippen LogP contribution in [0.5, 0.6) is 5.75 Å². The number of hydrazone groups is 1. The molecule has 2 saturated heterocycles. The first-order valence-electron chi connectivity index (χ1n) is 17.5. The third-order valence-corrected chi connectivity index (χ3v) is 10.3. The highest BCUT2D eigenvalue weighted by atomic mass is 79.9. The number of hydrogen-bond acceptors (Lipinski definition) is 9. The highest BCUT2D eigenvalue weighted by Gasteiger charge is 2.44. The number of hydrogen-bond donors (Lipinski definition) is 0. The Bertz CT molecular complexity index is 1730. The summed E-state index contributed by atoms with van der Waals surface area (Å²) in [5.41, 5.74) is 4.55. The first-order valence-corrected chi connectivity index (χ1v) is 18.3. The minimum Gasteiger partial charge on any atom is -0.491 e. The van der Waals surface area contributed by atoms with E-state index < -0.39 is 5.79 Å². The van der Waals surface area contributed by atoms with Crippen molar-refractivity contribution in [3.05, 3.63) is 101 Å². The fraction of sp³-hybridized carbons (Fsp3) is 0.421. The van der Waals surface area contributed by atoms with Gasteiger partial charge in [0.1, 0.15) is 25.0 Å². The second-order valence-corrected chi connectivity index (χ2v) is 14.2. The van der Waals surface area contributed by atoms with Gasteiger partial charge in [-0.3, -0.25) is 4.79 Å². The highest BCUT2D eigenvalue weighted by Crippen LogP contribution is 2.37. The van der Waals surface area contributed by atoms with Gasteiger partial charge in [-0.25, -0.2) is 5.01 Å². The van der Waals surface area contributed by atoms with Crippen molar-refractivity contribution in [3.63, 3.8) is 0 Å². The Morgan fingerprint density at radius 2 is 1.56 bits per heavy atom. The van der Waals surface area contributed by atoms with Crippen LogP contribution in [0, 0.1) is 5.92 Å². The Morgan fingerprint density at radius 3 is 2.18 bits per heavy atom. The average molecular weight is 743 g/mol. The predicted octanol–water partition coefficient (Wildman–Crippen LogP) is 5.89. The number of halogens is 1. The summed E-state index contributed by atoms with van der Waals surface area (Å²) < 4.78 is 19.9. The Kier molecular flexibility index (Phi) is 10.5. The van der Waals surface area contributed by atoms with Crippen molar-refractivity contribution in [2.75, 3.05) is 49.2 Å². The quantitative estimate of drug-likeness (QED) is 0.178. The molecule has 0 radical (unpaired) electrons. The van der Waals surface area contributed by atoms with E-state index in [0.29, 0.717) is 26.2 Å². The maximum Gasteiger partial charge on any atom is 0.243 e. The van der Waals surface area contributed by atoms with Crippen LogP contribution in [0.4, 0.5) is 11.4 Å². The molecule has 0 N–H and O–H groups in total. The number of nitrogens with zero attached hydrogens (tertiary/aromatic N) is 7. The number of amides is 1. The number of anilines is 2. The van der Waals surface area contributed by atoms with E-state index in [1.165, 1.54) is 16.9 Å². The maximum atomic E-state index is 12.6. The molecule has 3 aliphatic rings. The van der Waals surface area contributed by atoms with Crippen molar-refractivity contribution in [3.8, 4) is 5.75 Å². The van der Waals surface area contributed by atoms with Crippen LogP contribution in [0.3, 0.4) is 0 Å². The van der Waals surface area contributed by atoms with E-state index in [-0.39, 0.29) is 24.0 Å². The minimum absolute atomic E-state index is 0.122. The molecule has 4 atom stereocenters. The molecule has 4 heterocycles. The van der Waals surface area contributed by atoms with Crippen LogP contribution in [0.2, 0.25) is 0 Å². The lowest BCUT2D eigenvalue weighted by Crippen LogP contribution is -2.46. The van der Waals surface area contributed by atoms with Gasteiger partial charge < -0.3 is 24.0 Å². The molecule has 11 nitrogen and oxygen atoms in total. The first-order chi connectivity index (χ1) is 24.4. The van der Waals surface area contributed by atoms with Gasteiger partial charge in [0.15, 0.2) is 0 Å². The van der Waals surface area contributed by atoms with E-state index in [4.69, 9.17) is 14.2 Å². The maximum absolute atomic E-state index is 12.6. The Balaban J connectivity index is 0.880. The molecular formula is C38H44BrN7O4. The number of carbonyl (C=O) groups excluding carboxylic acids is 1.